The van der Waals surface area contributed by atoms with Crippen molar-refractivity contribution >= 4 is 17.3 Å². The van der Waals surface area contributed by atoms with Crippen molar-refractivity contribution in [1.82, 2.24) is 5.32 Å². The van der Waals surface area contributed by atoms with Crippen LogP contribution in [-0.2, 0) is 10.3 Å². The molecule has 142 valence electrons. The molecule has 6 heteroatoms. The van der Waals surface area contributed by atoms with Gasteiger partial charge in [0.25, 0.3) is 5.91 Å². The van der Waals surface area contributed by atoms with Gasteiger partial charge in [0.2, 0.25) is 0 Å². The molecule has 1 atom stereocenters. The maximum Gasteiger partial charge on any atom is 0.253 e. The molecule has 1 N–H and O–H groups in total. The van der Waals surface area contributed by atoms with Crippen molar-refractivity contribution in [2.24, 2.45) is 9.98 Å². The van der Waals surface area contributed by atoms with Crippen molar-refractivity contribution in [2.75, 3.05) is 7.05 Å². The second-order valence-electron chi connectivity index (χ2n) is 6.23. The SMILES string of the molecule is C=CC(=NC1(c2ccc(F)c(F)c2)C=C1)[C@H](C)NC(=O)/C(=C/C)C(C)=NC. The van der Waals surface area contributed by atoms with Crippen molar-refractivity contribution in [3.8, 4) is 0 Å². The lowest BCUT2D eigenvalue weighted by Gasteiger charge is -2.19. The van der Waals surface area contributed by atoms with Crippen LogP contribution in [0, 0.1) is 11.6 Å². The van der Waals surface area contributed by atoms with Crippen molar-refractivity contribution < 1.29 is 13.6 Å². The summed E-state index contributed by atoms with van der Waals surface area (Å²) in [6.07, 6.45) is 6.80. The Kier molecular flexibility index (Phi) is 6.20. The predicted octanol–water partition coefficient (Wildman–Crippen LogP) is 3.90. The van der Waals surface area contributed by atoms with Crippen LogP contribution in [0.25, 0.3) is 0 Å². The number of nitrogens with one attached hydrogen (secondary N) is 1. The van der Waals surface area contributed by atoms with E-state index < -0.39 is 23.2 Å². The average Bonchev–Trinajstić information content (AvgIpc) is 3.43. The summed E-state index contributed by atoms with van der Waals surface area (Å²) in [4.78, 5) is 21.1. The highest BCUT2D eigenvalue weighted by atomic mass is 19.2. The van der Waals surface area contributed by atoms with E-state index in [1.165, 1.54) is 6.07 Å². The largest absolute Gasteiger partial charge is 0.344 e. The van der Waals surface area contributed by atoms with E-state index in [1.807, 2.05) is 0 Å². The fourth-order valence-electron chi connectivity index (χ4n) is 2.66. The summed E-state index contributed by atoms with van der Waals surface area (Å²) in [6, 6.07) is 3.26. The van der Waals surface area contributed by atoms with Crippen molar-refractivity contribution in [3.05, 3.63) is 71.9 Å². The van der Waals surface area contributed by atoms with Gasteiger partial charge in [0, 0.05) is 12.8 Å². The van der Waals surface area contributed by atoms with Crippen LogP contribution in [0.4, 0.5) is 8.78 Å². The van der Waals surface area contributed by atoms with Gasteiger partial charge in [0.05, 0.1) is 17.3 Å². The zero-order chi connectivity index (χ0) is 20.2. The number of amides is 1. The minimum atomic E-state index is -0.927. The Labute approximate surface area is 158 Å². The van der Waals surface area contributed by atoms with E-state index in [0.717, 1.165) is 12.1 Å². The van der Waals surface area contributed by atoms with Gasteiger partial charge in [-0.2, -0.15) is 0 Å². The molecular formula is C21H23F2N3O. The summed E-state index contributed by atoms with van der Waals surface area (Å²) < 4.78 is 26.8. The van der Waals surface area contributed by atoms with E-state index in [-0.39, 0.29) is 5.91 Å². The van der Waals surface area contributed by atoms with Gasteiger partial charge < -0.3 is 5.32 Å². The number of benzene rings is 1. The minimum absolute atomic E-state index is 0.270. The Hall–Kier alpha value is -2.89. The number of hydrogen-bond acceptors (Lipinski definition) is 3. The molecule has 27 heavy (non-hydrogen) atoms. The van der Waals surface area contributed by atoms with Crippen LogP contribution < -0.4 is 5.32 Å². The third-order valence-electron chi connectivity index (χ3n) is 4.44. The Balaban J connectivity index is 2.23. The molecule has 0 saturated carbocycles. The molecule has 2 rings (SSSR count). The molecule has 1 aromatic carbocycles. The van der Waals surface area contributed by atoms with Crippen LogP contribution in [0.1, 0.15) is 26.3 Å². The summed E-state index contributed by atoms with van der Waals surface area (Å²) in [5, 5.41) is 2.87. The van der Waals surface area contributed by atoms with Gasteiger partial charge in [-0.25, -0.2) is 8.78 Å². The van der Waals surface area contributed by atoms with Gasteiger partial charge in [-0.05, 0) is 56.7 Å². The normalized spacial score (nSPS) is 17.5. The van der Waals surface area contributed by atoms with E-state index in [2.05, 4.69) is 21.9 Å². The first-order valence-corrected chi connectivity index (χ1v) is 8.57. The van der Waals surface area contributed by atoms with E-state index in [4.69, 9.17) is 0 Å². The van der Waals surface area contributed by atoms with Gasteiger partial charge >= 0.3 is 0 Å². The number of nitrogens with zero attached hydrogens (tertiary/aromatic N) is 2. The molecule has 0 aromatic heterocycles. The van der Waals surface area contributed by atoms with Crippen LogP contribution in [0.15, 0.2) is 64.6 Å². The third-order valence-corrected chi connectivity index (χ3v) is 4.44. The summed E-state index contributed by atoms with van der Waals surface area (Å²) in [5.74, 6) is -2.10. The van der Waals surface area contributed by atoms with Crippen molar-refractivity contribution in [3.63, 3.8) is 0 Å². The van der Waals surface area contributed by atoms with Gasteiger partial charge in [-0.1, -0.05) is 18.7 Å². The molecule has 0 bridgehead atoms. The molecule has 1 amide bonds. The van der Waals surface area contributed by atoms with Gasteiger partial charge in [0.15, 0.2) is 11.6 Å². The predicted molar refractivity (Wildman–Crippen MR) is 105 cm³/mol. The maximum atomic E-state index is 13.6. The fraction of sp³-hybridized carbons (Fsp3) is 0.286. The van der Waals surface area contributed by atoms with Crippen LogP contribution in [-0.4, -0.2) is 30.4 Å². The second-order valence-corrected chi connectivity index (χ2v) is 6.23. The quantitative estimate of drug-likeness (QED) is 0.441. The first-order valence-electron chi connectivity index (χ1n) is 8.57. The lowest BCUT2D eigenvalue weighted by atomic mass is 10.0. The van der Waals surface area contributed by atoms with Crippen LogP contribution in [0.5, 0.6) is 0 Å². The van der Waals surface area contributed by atoms with Crippen LogP contribution in [0.3, 0.4) is 0 Å². The monoisotopic (exact) mass is 371 g/mol. The molecule has 0 radical (unpaired) electrons. The standard InChI is InChI=1S/C21H23F2N3O/c1-6-16(13(3)24-5)20(27)25-14(4)19(7-2)26-21(10-11-21)15-8-9-17(22)18(23)12-15/h6-12,14H,2H2,1,3-5H3,(H,25,27)/b16-6+,24-13?,26-19?/t14-/m0/s1. The Morgan fingerprint density at radius 1 is 1.30 bits per heavy atom. The molecule has 0 fully saturated rings. The minimum Gasteiger partial charge on any atom is -0.344 e. The number of halogens is 2. The highest BCUT2D eigenvalue weighted by Gasteiger charge is 2.37. The molecule has 4 nitrogen and oxygen atoms in total. The molecule has 1 aliphatic rings. The smallest absolute Gasteiger partial charge is 0.253 e. The first-order chi connectivity index (χ1) is 12.8. The summed E-state index contributed by atoms with van der Waals surface area (Å²) in [5.41, 5.74) is 1.32. The fourth-order valence-corrected chi connectivity index (χ4v) is 2.66. The number of allylic oxidation sites excluding steroid dienone is 1. The van der Waals surface area contributed by atoms with Gasteiger partial charge in [0.1, 0.15) is 5.54 Å². The topological polar surface area (TPSA) is 53.8 Å². The molecule has 0 unspecified atom stereocenters. The number of hydrogen-bond donors (Lipinski definition) is 1. The first kappa shape index (κ1) is 20.4. The highest BCUT2D eigenvalue weighted by Crippen LogP contribution is 2.41. The molecule has 0 spiro atoms. The van der Waals surface area contributed by atoms with Gasteiger partial charge in [-0.15, -0.1) is 0 Å². The molecular weight excluding hydrogens is 348 g/mol. The molecule has 0 saturated heterocycles. The van der Waals surface area contributed by atoms with E-state index in [9.17, 15) is 13.6 Å². The zero-order valence-electron chi connectivity index (χ0n) is 15.9. The van der Waals surface area contributed by atoms with Crippen LogP contribution >= 0.6 is 0 Å². The van der Waals surface area contributed by atoms with Crippen molar-refractivity contribution in [1.29, 1.82) is 0 Å². The lowest BCUT2D eigenvalue weighted by Crippen LogP contribution is -2.40. The number of aliphatic imine (C=N–C) groups is 2. The molecule has 0 aliphatic heterocycles. The number of carbonyl (C=O) groups excluding carboxylic acids is 1. The molecule has 1 aliphatic carbocycles. The Morgan fingerprint density at radius 2 is 1.96 bits per heavy atom. The van der Waals surface area contributed by atoms with Gasteiger partial charge in [-0.3, -0.25) is 14.8 Å². The summed E-state index contributed by atoms with van der Waals surface area (Å²) in [7, 11) is 1.62. The maximum absolute atomic E-state index is 13.6. The van der Waals surface area contributed by atoms with Crippen LogP contribution in [0.2, 0.25) is 0 Å². The molecule has 1 aromatic rings. The lowest BCUT2D eigenvalue weighted by molar-refractivity contribution is -0.117. The zero-order valence-corrected chi connectivity index (χ0v) is 15.9. The highest BCUT2D eigenvalue weighted by molar-refractivity contribution is 6.21. The Morgan fingerprint density at radius 3 is 2.44 bits per heavy atom. The third kappa shape index (κ3) is 4.45. The summed E-state index contributed by atoms with van der Waals surface area (Å²) >= 11 is 0. The van der Waals surface area contributed by atoms with Crippen molar-refractivity contribution in [2.45, 2.75) is 32.4 Å². The Bertz CT molecular complexity index is 875. The molecule has 0 heterocycles. The summed E-state index contributed by atoms with van der Waals surface area (Å²) in [6.45, 7) is 9.07. The average molecular weight is 371 g/mol. The number of rotatable bonds is 7. The van der Waals surface area contributed by atoms with E-state index in [0.29, 0.717) is 22.6 Å². The second kappa shape index (κ2) is 8.20. The number of carbonyl (C=O) groups is 1. The van der Waals surface area contributed by atoms with E-state index >= 15 is 0 Å². The van der Waals surface area contributed by atoms with E-state index in [1.54, 1.807) is 52.1 Å².